The minimum atomic E-state index is -4.41. The highest BCUT2D eigenvalue weighted by Gasteiger charge is 2.30. The number of halogens is 3. The van der Waals surface area contributed by atoms with Crippen LogP contribution in [-0.4, -0.2) is 19.5 Å². The Hall–Kier alpha value is -4.40. The molecule has 2 heterocycles. The molecule has 34 heavy (non-hydrogen) atoms. The van der Waals surface area contributed by atoms with Crippen molar-refractivity contribution in [3.8, 4) is 17.1 Å². The average Bonchev–Trinajstić information content (AvgIpc) is 3.27. The number of nitrogens with two attached hydrogens (primary N) is 1. The molecule has 3 aromatic carbocycles. The van der Waals surface area contributed by atoms with Crippen molar-refractivity contribution in [2.24, 2.45) is 0 Å². The van der Waals surface area contributed by atoms with E-state index in [2.05, 4.69) is 15.3 Å². The van der Waals surface area contributed by atoms with Gasteiger partial charge in [-0.2, -0.15) is 13.2 Å². The molecule has 0 bridgehead atoms. The van der Waals surface area contributed by atoms with E-state index in [1.165, 1.54) is 6.07 Å². The van der Waals surface area contributed by atoms with Gasteiger partial charge in [-0.05, 0) is 42.0 Å². The van der Waals surface area contributed by atoms with E-state index in [0.29, 0.717) is 39.6 Å². The fraction of sp³-hybridized carbons (Fsp3) is 0.0800. The number of nitrogens with zero attached hydrogens (tertiary/aromatic N) is 4. The Morgan fingerprint density at radius 3 is 2.44 bits per heavy atom. The Kier molecular flexibility index (Phi) is 5.37. The Morgan fingerprint density at radius 1 is 0.882 bits per heavy atom. The van der Waals surface area contributed by atoms with E-state index in [1.54, 1.807) is 24.5 Å². The summed E-state index contributed by atoms with van der Waals surface area (Å²) in [5.41, 5.74) is 8.93. The van der Waals surface area contributed by atoms with Gasteiger partial charge in [0.2, 0.25) is 0 Å². The number of para-hydroxylation sites is 1. The Morgan fingerprint density at radius 2 is 1.68 bits per heavy atom. The first-order valence-electron chi connectivity index (χ1n) is 10.4. The third-order valence-corrected chi connectivity index (χ3v) is 5.29. The topological polar surface area (TPSA) is 81.6 Å². The fourth-order valence-electron chi connectivity index (χ4n) is 3.65. The van der Waals surface area contributed by atoms with Crippen LogP contribution in [0.1, 0.15) is 11.1 Å². The Balaban J connectivity index is 1.58. The lowest BCUT2D eigenvalue weighted by Gasteiger charge is -2.12. The molecule has 0 aliphatic carbocycles. The van der Waals surface area contributed by atoms with Crippen LogP contribution in [0.25, 0.3) is 28.2 Å². The van der Waals surface area contributed by atoms with Crippen molar-refractivity contribution >= 4 is 22.7 Å². The van der Waals surface area contributed by atoms with Crippen molar-refractivity contribution in [3.63, 3.8) is 0 Å². The van der Waals surface area contributed by atoms with Gasteiger partial charge < -0.3 is 11.1 Å². The van der Waals surface area contributed by atoms with Crippen LogP contribution >= 0.6 is 0 Å². The van der Waals surface area contributed by atoms with E-state index in [-0.39, 0.29) is 6.54 Å². The Labute approximate surface area is 192 Å². The van der Waals surface area contributed by atoms with Crippen LogP contribution in [0, 0.1) is 0 Å². The molecule has 0 saturated heterocycles. The molecule has 0 unspecified atom stereocenters. The summed E-state index contributed by atoms with van der Waals surface area (Å²) >= 11 is 0. The molecular formula is C25H19F3N6. The van der Waals surface area contributed by atoms with Gasteiger partial charge in [-0.25, -0.2) is 15.0 Å². The largest absolute Gasteiger partial charge is 0.416 e. The maximum absolute atomic E-state index is 13.1. The second kappa shape index (κ2) is 8.51. The lowest BCUT2D eigenvalue weighted by atomic mass is 10.1. The van der Waals surface area contributed by atoms with Gasteiger partial charge in [-0.15, -0.1) is 0 Å². The molecule has 5 rings (SSSR count). The van der Waals surface area contributed by atoms with Crippen LogP contribution in [0.3, 0.4) is 0 Å². The number of benzene rings is 3. The number of alkyl halides is 3. The molecule has 3 N–H and O–H groups in total. The van der Waals surface area contributed by atoms with Crippen molar-refractivity contribution in [1.29, 1.82) is 0 Å². The zero-order valence-corrected chi connectivity index (χ0v) is 17.8. The molecule has 0 aliphatic heterocycles. The molecule has 0 aliphatic rings. The monoisotopic (exact) mass is 460 g/mol. The smallest absolute Gasteiger partial charge is 0.399 e. The minimum absolute atomic E-state index is 0.130. The van der Waals surface area contributed by atoms with Gasteiger partial charge in [0, 0.05) is 23.5 Å². The van der Waals surface area contributed by atoms with Crippen LogP contribution in [0.2, 0.25) is 0 Å². The quantitative estimate of drug-likeness (QED) is 0.329. The van der Waals surface area contributed by atoms with E-state index < -0.39 is 11.7 Å². The van der Waals surface area contributed by atoms with Gasteiger partial charge in [0.1, 0.15) is 6.33 Å². The standard InChI is InChI=1S/C25H19F3N6/c26-25(27,28)18-8-4-6-16(12-18)14-30-23-21-24(34(15-31-21)20-10-2-1-3-11-20)33-22(32-23)17-7-5-9-19(29)13-17/h1-13,15H,14,29H2,(H,30,32,33). The predicted octanol–water partition coefficient (Wildman–Crippen LogP) is 5.70. The van der Waals surface area contributed by atoms with Gasteiger partial charge in [0.25, 0.3) is 0 Å². The zero-order valence-electron chi connectivity index (χ0n) is 17.8. The summed E-state index contributed by atoms with van der Waals surface area (Å²) in [7, 11) is 0. The fourth-order valence-corrected chi connectivity index (χ4v) is 3.65. The second-order valence-corrected chi connectivity index (χ2v) is 7.70. The number of rotatable bonds is 5. The van der Waals surface area contributed by atoms with E-state index >= 15 is 0 Å². The molecular weight excluding hydrogens is 441 g/mol. The highest BCUT2D eigenvalue weighted by Crippen LogP contribution is 2.30. The number of imidazole rings is 1. The number of hydrogen-bond acceptors (Lipinski definition) is 5. The first-order valence-corrected chi connectivity index (χ1v) is 10.4. The third kappa shape index (κ3) is 4.27. The summed E-state index contributed by atoms with van der Waals surface area (Å²) in [6.45, 7) is 0.130. The van der Waals surface area contributed by atoms with Crippen LogP contribution in [-0.2, 0) is 12.7 Å². The third-order valence-electron chi connectivity index (χ3n) is 5.29. The van der Waals surface area contributed by atoms with Gasteiger partial charge >= 0.3 is 6.18 Å². The lowest BCUT2D eigenvalue weighted by molar-refractivity contribution is -0.137. The summed E-state index contributed by atoms with van der Waals surface area (Å²) in [4.78, 5) is 13.8. The number of fused-ring (bicyclic) bond motifs is 1. The lowest BCUT2D eigenvalue weighted by Crippen LogP contribution is -2.08. The van der Waals surface area contributed by atoms with Gasteiger partial charge in [0.05, 0.1) is 5.56 Å². The van der Waals surface area contributed by atoms with Crippen molar-refractivity contribution in [1.82, 2.24) is 19.5 Å². The van der Waals surface area contributed by atoms with E-state index in [9.17, 15) is 13.2 Å². The second-order valence-electron chi connectivity index (χ2n) is 7.70. The molecule has 0 atom stereocenters. The van der Waals surface area contributed by atoms with E-state index in [4.69, 9.17) is 10.7 Å². The van der Waals surface area contributed by atoms with Crippen molar-refractivity contribution in [2.45, 2.75) is 12.7 Å². The SMILES string of the molecule is Nc1cccc(-c2nc(NCc3cccc(C(F)(F)F)c3)c3ncn(-c4ccccc4)c3n2)c1. The summed E-state index contributed by atoms with van der Waals surface area (Å²) in [6.07, 6.45) is -2.76. The maximum atomic E-state index is 13.1. The van der Waals surface area contributed by atoms with Crippen molar-refractivity contribution in [3.05, 3.63) is 96.3 Å². The summed E-state index contributed by atoms with van der Waals surface area (Å²) in [5.74, 6) is 0.832. The Bertz CT molecular complexity index is 1460. The normalized spacial score (nSPS) is 11.6. The van der Waals surface area contributed by atoms with Gasteiger partial charge in [0.15, 0.2) is 22.8 Å². The maximum Gasteiger partial charge on any atom is 0.416 e. The summed E-state index contributed by atoms with van der Waals surface area (Å²) in [6, 6.07) is 22.0. The van der Waals surface area contributed by atoms with E-state index in [0.717, 1.165) is 17.8 Å². The molecule has 0 amide bonds. The molecule has 170 valence electrons. The first-order chi connectivity index (χ1) is 16.4. The number of anilines is 2. The number of aromatic nitrogens is 4. The zero-order chi connectivity index (χ0) is 23.7. The van der Waals surface area contributed by atoms with Crippen molar-refractivity contribution < 1.29 is 13.2 Å². The van der Waals surface area contributed by atoms with E-state index in [1.807, 2.05) is 47.0 Å². The summed E-state index contributed by atoms with van der Waals surface area (Å²) < 4.78 is 41.2. The average molecular weight is 460 g/mol. The minimum Gasteiger partial charge on any atom is -0.399 e. The predicted molar refractivity (Wildman–Crippen MR) is 125 cm³/mol. The number of hydrogen-bond donors (Lipinski definition) is 2. The van der Waals surface area contributed by atoms with Gasteiger partial charge in [-0.3, -0.25) is 4.57 Å². The number of nitrogens with one attached hydrogen (secondary N) is 1. The van der Waals surface area contributed by atoms with Crippen LogP contribution in [0.15, 0.2) is 85.2 Å². The summed E-state index contributed by atoms with van der Waals surface area (Å²) in [5, 5.41) is 3.15. The molecule has 5 aromatic rings. The van der Waals surface area contributed by atoms with Gasteiger partial charge in [-0.1, -0.05) is 42.5 Å². The first kappa shape index (κ1) is 21.4. The molecule has 2 aromatic heterocycles. The van der Waals surface area contributed by atoms with Crippen LogP contribution < -0.4 is 11.1 Å². The molecule has 0 radical (unpaired) electrons. The number of nitrogen functional groups attached to an aromatic ring is 1. The molecule has 0 spiro atoms. The highest BCUT2D eigenvalue weighted by molar-refractivity contribution is 5.86. The van der Waals surface area contributed by atoms with Crippen LogP contribution in [0.4, 0.5) is 24.7 Å². The molecule has 0 fully saturated rings. The molecule has 0 saturated carbocycles. The molecule has 9 heteroatoms. The molecule has 6 nitrogen and oxygen atoms in total. The highest BCUT2D eigenvalue weighted by atomic mass is 19.4. The van der Waals surface area contributed by atoms with Crippen LogP contribution in [0.5, 0.6) is 0 Å². The van der Waals surface area contributed by atoms with Crippen molar-refractivity contribution in [2.75, 3.05) is 11.1 Å².